The molecule has 1 N–H and O–H groups in total. The lowest BCUT2D eigenvalue weighted by Crippen LogP contribution is -2.13. The molecule has 13 heavy (non-hydrogen) atoms. The van der Waals surface area contributed by atoms with Gasteiger partial charge < -0.3 is 5.32 Å². The average Bonchev–Trinajstić information content (AvgIpc) is 2.25. The van der Waals surface area contributed by atoms with Gasteiger partial charge in [0.2, 0.25) is 0 Å². The third-order valence-electron chi connectivity index (χ3n) is 2.56. The molecule has 1 unspecified atom stereocenters. The summed E-state index contributed by atoms with van der Waals surface area (Å²) in [7, 11) is 0. The molecule has 2 heteroatoms. The molecule has 1 aliphatic rings. The quantitative estimate of drug-likeness (QED) is 0.669. The van der Waals surface area contributed by atoms with E-state index in [4.69, 9.17) is 11.6 Å². The van der Waals surface area contributed by atoms with E-state index in [-0.39, 0.29) is 0 Å². The van der Waals surface area contributed by atoms with Crippen LogP contribution in [0.1, 0.15) is 25.3 Å². The zero-order valence-electron chi connectivity index (χ0n) is 7.81. The Balaban J connectivity index is 2.35. The normalized spacial score (nSPS) is 21.5. The molecule has 1 heterocycles. The van der Waals surface area contributed by atoms with Crippen LogP contribution in [0.25, 0.3) is 0 Å². The molecule has 70 valence electrons. The fourth-order valence-electron chi connectivity index (χ4n) is 1.84. The molecule has 0 amide bonds. The van der Waals surface area contributed by atoms with Gasteiger partial charge in [-0.3, -0.25) is 0 Å². The van der Waals surface area contributed by atoms with Crippen molar-refractivity contribution < 1.29 is 0 Å². The second-order valence-electron chi connectivity index (χ2n) is 3.74. The molecule has 1 aliphatic heterocycles. The van der Waals surface area contributed by atoms with Crippen molar-refractivity contribution in [2.45, 2.75) is 32.2 Å². The first-order chi connectivity index (χ1) is 6.25. The van der Waals surface area contributed by atoms with Crippen LogP contribution in [0.2, 0.25) is 5.02 Å². The summed E-state index contributed by atoms with van der Waals surface area (Å²) in [5, 5.41) is 4.30. The molecule has 1 atom stereocenters. The highest BCUT2D eigenvalue weighted by atomic mass is 35.5. The fourth-order valence-corrected chi connectivity index (χ4v) is 2.01. The summed E-state index contributed by atoms with van der Waals surface area (Å²) in [4.78, 5) is 0. The van der Waals surface area contributed by atoms with Crippen LogP contribution in [0.15, 0.2) is 18.2 Å². The van der Waals surface area contributed by atoms with Crippen LogP contribution in [-0.4, -0.2) is 6.04 Å². The molecule has 1 aromatic rings. The number of rotatable bonds is 0. The highest BCUT2D eigenvalue weighted by molar-refractivity contribution is 6.30. The lowest BCUT2D eigenvalue weighted by molar-refractivity contribution is 0.674. The maximum absolute atomic E-state index is 5.94. The van der Waals surface area contributed by atoms with E-state index in [0.717, 1.165) is 5.02 Å². The zero-order chi connectivity index (χ0) is 9.26. The van der Waals surface area contributed by atoms with Gasteiger partial charge in [-0.05, 0) is 43.9 Å². The summed E-state index contributed by atoms with van der Waals surface area (Å²) in [6.45, 7) is 2.22. The van der Waals surface area contributed by atoms with Crippen molar-refractivity contribution >= 4 is 17.3 Å². The molecule has 0 saturated carbocycles. The molecular weight excluding hydrogens is 182 g/mol. The average molecular weight is 196 g/mol. The number of hydrogen-bond donors (Lipinski definition) is 1. The van der Waals surface area contributed by atoms with Gasteiger partial charge in [0.05, 0.1) is 0 Å². The minimum absolute atomic E-state index is 0.569. The summed E-state index contributed by atoms with van der Waals surface area (Å²) in [6, 6.07) is 6.69. The van der Waals surface area contributed by atoms with E-state index in [9.17, 15) is 0 Å². The summed E-state index contributed by atoms with van der Waals surface area (Å²) in [5.74, 6) is 0. The third-order valence-corrected chi connectivity index (χ3v) is 2.79. The predicted octanol–water partition coefficient (Wildman–Crippen LogP) is 3.48. The Kier molecular flexibility index (Phi) is 2.45. The largest absolute Gasteiger partial charge is 0.382 e. The first kappa shape index (κ1) is 8.89. The van der Waals surface area contributed by atoms with Crippen LogP contribution in [0.4, 0.5) is 5.69 Å². The smallest absolute Gasteiger partial charge is 0.0426 e. The van der Waals surface area contributed by atoms with E-state index in [1.165, 1.54) is 30.5 Å². The Hall–Kier alpha value is -0.690. The Labute approximate surface area is 84.1 Å². The minimum Gasteiger partial charge on any atom is -0.382 e. The molecule has 0 spiro atoms. The van der Waals surface area contributed by atoms with E-state index >= 15 is 0 Å². The molecule has 1 nitrogen and oxygen atoms in total. The predicted molar refractivity (Wildman–Crippen MR) is 57.5 cm³/mol. The lowest BCUT2D eigenvalue weighted by Gasteiger charge is -2.12. The molecule has 2 rings (SSSR count). The van der Waals surface area contributed by atoms with Crippen molar-refractivity contribution in [1.82, 2.24) is 0 Å². The van der Waals surface area contributed by atoms with Crippen LogP contribution in [-0.2, 0) is 6.42 Å². The zero-order valence-corrected chi connectivity index (χ0v) is 8.56. The number of fused-ring (bicyclic) bond motifs is 1. The monoisotopic (exact) mass is 195 g/mol. The molecule has 0 fully saturated rings. The number of nitrogens with one attached hydrogen (secondary N) is 1. The van der Waals surface area contributed by atoms with Crippen LogP contribution >= 0.6 is 11.6 Å². The van der Waals surface area contributed by atoms with Crippen LogP contribution in [0.3, 0.4) is 0 Å². The second-order valence-corrected chi connectivity index (χ2v) is 4.18. The van der Waals surface area contributed by atoms with Gasteiger partial charge in [0.1, 0.15) is 0 Å². The Morgan fingerprint density at radius 3 is 3.15 bits per heavy atom. The minimum atomic E-state index is 0.569. The van der Waals surface area contributed by atoms with Crippen molar-refractivity contribution in [3.63, 3.8) is 0 Å². The molecule has 1 aromatic carbocycles. The Bertz CT molecular complexity index is 309. The first-order valence-electron chi connectivity index (χ1n) is 4.80. The van der Waals surface area contributed by atoms with Gasteiger partial charge in [0.25, 0.3) is 0 Å². The highest BCUT2D eigenvalue weighted by Crippen LogP contribution is 2.26. The van der Waals surface area contributed by atoms with Gasteiger partial charge in [-0.15, -0.1) is 0 Å². The molecule has 0 bridgehead atoms. The van der Waals surface area contributed by atoms with Crippen LogP contribution in [0.5, 0.6) is 0 Å². The van der Waals surface area contributed by atoms with Gasteiger partial charge in [0.15, 0.2) is 0 Å². The number of aryl methyl sites for hydroxylation is 1. The van der Waals surface area contributed by atoms with E-state index in [0.29, 0.717) is 6.04 Å². The first-order valence-corrected chi connectivity index (χ1v) is 5.18. The van der Waals surface area contributed by atoms with Gasteiger partial charge in [0, 0.05) is 16.8 Å². The number of hydrogen-bond acceptors (Lipinski definition) is 1. The second kappa shape index (κ2) is 3.59. The van der Waals surface area contributed by atoms with Crippen molar-refractivity contribution in [2.75, 3.05) is 5.32 Å². The highest BCUT2D eigenvalue weighted by Gasteiger charge is 2.11. The van der Waals surface area contributed by atoms with Crippen molar-refractivity contribution in [1.29, 1.82) is 0 Å². The topological polar surface area (TPSA) is 12.0 Å². The van der Waals surface area contributed by atoms with Crippen LogP contribution < -0.4 is 5.32 Å². The maximum atomic E-state index is 5.94. The third kappa shape index (κ3) is 1.97. The van der Waals surface area contributed by atoms with Gasteiger partial charge >= 0.3 is 0 Å². The summed E-state index contributed by atoms with van der Waals surface area (Å²) in [6.07, 6.45) is 3.68. The van der Waals surface area contributed by atoms with Gasteiger partial charge in [-0.25, -0.2) is 0 Å². The standard InChI is InChI=1S/C11H14ClN/c1-8-3-2-4-9-5-6-10(12)7-11(9)13-8/h5-8,13H,2-4H2,1H3. The van der Waals surface area contributed by atoms with Crippen molar-refractivity contribution in [3.05, 3.63) is 28.8 Å². The molecule has 0 radical (unpaired) electrons. The Morgan fingerprint density at radius 1 is 1.46 bits per heavy atom. The maximum Gasteiger partial charge on any atom is 0.0426 e. The molecule has 0 aromatic heterocycles. The SMILES string of the molecule is CC1CCCc2ccc(Cl)cc2N1. The number of benzene rings is 1. The van der Waals surface area contributed by atoms with Gasteiger partial charge in [-0.1, -0.05) is 17.7 Å². The van der Waals surface area contributed by atoms with E-state index in [1.807, 2.05) is 12.1 Å². The molecule has 0 aliphatic carbocycles. The summed E-state index contributed by atoms with van der Waals surface area (Å²) >= 11 is 5.94. The van der Waals surface area contributed by atoms with Crippen LogP contribution in [0, 0.1) is 0 Å². The number of anilines is 1. The van der Waals surface area contributed by atoms with E-state index in [1.54, 1.807) is 0 Å². The fraction of sp³-hybridized carbons (Fsp3) is 0.455. The van der Waals surface area contributed by atoms with Crippen molar-refractivity contribution in [2.24, 2.45) is 0 Å². The molecular formula is C11H14ClN. The van der Waals surface area contributed by atoms with E-state index < -0.39 is 0 Å². The Morgan fingerprint density at radius 2 is 2.31 bits per heavy atom. The summed E-state index contributed by atoms with van der Waals surface area (Å²) < 4.78 is 0. The van der Waals surface area contributed by atoms with Gasteiger partial charge in [-0.2, -0.15) is 0 Å². The van der Waals surface area contributed by atoms with Crippen molar-refractivity contribution in [3.8, 4) is 0 Å². The lowest BCUT2D eigenvalue weighted by atomic mass is 10.1. The van der Waals surface area contributed by atoms with E-state index in [2.05, 4.69) is 18.3 Å². The number of halogens is 1. The summed E-state index contributed by atoms with van der Waals surface area (Å²) in [5.41, 5.74) is 2.62. The molecule has 0 saturated heterocycles.